The predicted molar refractivity (Wildman–Crippen MR) is 118 cm³/mol. The molecular formula is C24H31ClN2O4. The first-order valence-electron chi connectivity index (χ1n) is 11.3. The Kier molecular flexibility index (Phi) is 6.29. The Labute approximate surface area is 188 Å². The summed E-state index contributed by atoms with van der Waals surface area (Å²) in [7, 11) is 0. The predicted octanol–water partition coefficient (Wildman–Crippen LogP) is 3.72. The number of hydrogen-bond donors (Lipinski definition) is 2. The van der Waals surface area contributed by atoms with E-state index in [0.717, 1.165) is 37.0 Å². The Morgan fingerprint density at radius 1 is 1.06 bits per heavy atom. The van der Waals surface area contributed by atoms with Gasteiger partial charge in [-0.2, -0.15) is 0 Å². The van der Waals surface area contributed by atoms with Gasteiger partial charge in [-0.15, -0.1) is 0 Å². The van der Waals surface area contributed by atoms with Crippen LogP contribution >= 0.6 is 11.6 Å². The van der Waals surface area contributed by atoms with E-state index in [0.29, 0.717) is 10.6 Å². The Hall–Kier alpha value is -2.08. The second kappa shape index (κ2) is 8.81. The molecular weight excluding hydrogens is 416 g/mol. The van der Waals surface area contributed by atoms with E-state index >= 15 is 0 Å². The van der Waals surface area contributed by atoms with E-state index in [2.05, 4.69) is 10.6 Å². The second-order valence-corrected chi connectivity index (χ2v) is 10.4. The molecule has 0 radical (unpaired) electrons. The quantitative estimate of drug-likeness (QED) is 0.625. The summed E-state index contributed by atoms with van der Waals surface area (Å²) in [5, 5.41) is 6.21. The van der Waals surface area contributed by atoms with Crippen molar-refractivity contribution in [3.63, 3.8) is 0 Å². The molecule has 2 N–H and O–H groups in total. The molecule has 1 aromatic carbocycles. The van der Waals surface area contributed by atoms with Gasteiger partial charge in [0.25, 0.3) is 11.8 Å². The third-order valence-electron chi connectivity index (χ3n) is 7.11. The van der Waals surface area contributed by atoms with Crippen LogP contribution < -0.4 is 10.6 Å². The van der Waals surface area contributed by atoms with Crippen molar-refractivity contribution in [2.75, 3.05) is 6.61 Å². The minimum atomic E-state index is -0.865. The van der Waals surface area contributed by atoms with Gasteiger partial charge in [-0.05, 0) is 74.3 Å². The molecule has 0 aromatic heterocycles. The molecule has 7 heteroatoms. The lowest BCUT2D eigenvalue weighted by molar-refractivity contribution is -0.152. The molecule has 2 amide bonds. The zero-order valence-electron chi connectivity index (χ0n) is 18.2. The van der Waals surface area contributed by atoms with Gasteiger partial charge in [0, 0.05) is 5.54 Å². The highest BCUT2D eigenvalue weighted by Crippen LogP contribution is 2.55. The van der Waals surface area contributed by atoms with Crippen LogP contribution in [-0.2, 0) is 14.3 Å². The molecule has 4 bridgehead atoms. The lowest BCUT2D eigenvalue weighted by Crippen LogP contribution is -2.60. The van der Waals surface area contributed by atoms with Crippen LogP contribution in [0.2, 0.25) is 5.02 Å². The van der Waals surface area contributed by atoms with Gasteiger partial charge in [0.05, 0.1) is 10.6 Å². The number of esters is 1. The fourth-order valence-corrected chi connectivity index (χ4v) is 6.41. The minimum Gasteiger partial charge on any atom is -0.454 e. The van der Waals surface area contributed by atoms with Gasteiger partial charge in [0.1, 0.15) is 6.04 Å². The summed E-state index contributed by atoms with van der Waals surface area (Å²) in [5.41, 5.74) is 0.177. The van der Waals surface area contributed by atoms with Crippen LogP contribution in [-0.4, -0.2) is 36.0 Å². The summed E-state index contributed by atoms with van der Waals surface area (Å²) in [6.45, 7) is 3.30. The molecule has 4 fully saturated rings. The van der Waals surface area contributed by atoms with Crippen LogP contribution in [0.1, 0.15) is 62.7 Å². The molecule has 0 heterocycles. The fourth-order valence-electron chi connectivity index (χ4n) is 6.18. The molecule has 168 valence electrons. The van der Waals surface area contributed by atoms with E-state index in [1.165, 1.54) is 19.3 Å². The topological polar surface area (TPSA) is 84.5 Å². The summed E-state index contributed by atoms with van der Waals surface area (Å²) in [5.74, 6) is 0.647. The van der Waals surface area contributed by atoms with Gasteiger partial charge in [-0.25, -0.2) is 4.79 Å². The molecule has 0 unspecified atom stereocenters. The van der Waals surface area contributed by atoms with Gasteiger partial charge in [-0.1, -0.05) is 37.6 Å². The molecule has 1 aromatic rings. The fraction of sp³-hybridized carbons (Fsp3) is 0.625. The standard InChI is InChI=1S/C24H31ClN2O4/c1-14(2)21(26-22(29)18-5-3-4-6-19(18)25)23(30)31-13-20(28)27-24-10-15-7-16(11-24)9-17(8-15)12-24/h3-6,14-17,21H,7-13H2,1-2H3,(H,26,29)(H,27,28)/t15?,16?,17?,21-,24?/m0/s1. The van der Waals surface area contributed by atoms with Crippen molar-refractivity contribution >= 4 is 29.4 Å². The zero-order chi connectivity index (χ0) is 22.2. The van der Waals surface area contributed by atoms with Crippen LogP contribution in [0, 0.1) is 23.7 Å². The number of carbonyl (C=O) groups is 3. The number of benzene rings is 1. The molecule has 5 rings (SSSR count). The number of ether oxygens (including phenoxy) is 1. The first kappa shape index (κ1) is 22.1. The molecule has 0 spiro atoms. The van der Waals surface area contributed by atoms with Crippen molar-refractivity contribution in [3.05, 3.63) is 34.9 Å². The Morgan fingerprint density at radius 3 is 2.19 bits per heavy atom. The van der Waals surface area contributed by atoms with Gasteiger partial charge < -0.3 is 15.4 Å². The average Bonchev–Trinajstić information content (AvgIpc) is 2.68. The van der Waals surface area contributed by atoms with Crippen LogP contribution in [0.5, 0.6) is 0 Å². The lowest BCUT2D eigenvalue weighted by Gasteiger charge is -2.56. The van der Waals surface area contributed by atoms with Crippen molar-refractivity contribution in [1.29, 1.82) is 0 Å². The van der Waals surface area contributed by atoms with Gasteiger partial charge in [-0.3, -0.25) is 9.59 Å². The van der Waals surface area contributed by atoms with Crippen LogP contribution in [0.15, 0.2) is 24.3 Å². The van der Waals surface area contributed by atoms with Gasteiger partial charge in [0.15, 0.2) is 6.61 Å². The van der Waals surface area contributed by atoms with Crippen LogP contribution in [0.25, 0.3) is 0 Å². The third-order valence-corrected chi connectivity index (χ3v) is 7.44. The maximum atomic E-state index is 12.7. The highest BCUT2D eigenvalue weighted by Gasteiger charge is 2.51. The Morgan fingerprint density at radius 2 is 1.65 bits per heavy atom. The SMILES string of the molecule is CC(C)[C@H](NC(=O)c1ccccc1Cl)C(=O)OCC(=O)NC12CC3CC(CC(C3)C1)C2. The highest BCUT2D eigenvalue weighted by atomic mass is 35.5. The van der Waals surface area contributed by atoms with E-state index in [1.807, 2.05) is 13.8 Å². The number of carbonyl (C=O) groups excluding carboxylic acids is 3. The number of halogens is 1. The molecule has 0 saturated heterocycles. The molecule has 4 aliphatic rings. The minimum absolute atomic E-state index is 0.117. The number of amides is 2. The smallest absolute Gasteiger partial charge is 0.329 e. The summed E-state index contributed by atoms with van der Waals surface area (Å²) in [4.78, 5) is 37.8. The second-order valence-electron chi connectivity index (χ2n) is 10.0. The van der Waals surface area contributed by atoms with E-state index < -0.39 is 17.9 Å². The lowest BCUT2D eigenvalue weighted by atomic mass is 9.53. The van der Waals surface area contributed by atoms with E-state index in [-0.39, 0.29) is 24.0 Å². The van der Waals surface area contributed by atoms with Crippen molar-refractivity contribution in [3.8, 4) is 0 Å². The molecule has 4 aliphatic carbocycles. The molecule has 31 heavy (non-hydrogen) atoms. The summed E-state index contributed by atoms with van der Waals surface area (Å²) >= 11 is 6.08. The van der Waals surface area contributed by atoms with Crippen molar-refractivity contribution < 1.29 is 19.1 Å². The number of hydrogen-bond acceptors (Lipinski definition) is 4. The van der Waals surface area contributed by atoms with Crippen LogP contribution in [0.3, 0.4) is 0 Å². The summed E-state index contributed by atoms with van der Waals surface area (Å²) in [6.07, 6.45) is 7.02. The number of nitrogens with one attached hydrogen (secondary N) is 2. The number of rotatable bonds is 7. The monoisotopic (exact) mass is 446 g/mol. The summed E-state index contributed by atoms with van der Waals surface area (Å²) < 4.78 is 5.31. The van der Waals surface area contributed by atoms with Crippen molar-refractivity contribution in [2.24, 2.45) is 23.7 Å². The Balaban J connectivity index is 1.31. The Bertz CT molecular complexity index is 834. The molecule has 0 aliphatic heterocycles. The summed E-state index contributed by atoms with van der Waals surface area (Å²) in [6, 6.07) is 5.79. The zero-order valence-corrected chi connectivity index (χ0v) is 18.9. The molecule has 6 nitrogen and oxygen atoms in total. The third kappa shape index (κ3) is 4.89. The van der Waals surface area contributed by atoms with Gasteiger partial charge >= 0.3 is 5.97 Å². The maximum absolute atomic E-state index is 12.7. The molecule has 1 atom stereocenters. The van der Waals surface area contributed by atoms with E-state index in [1.54, 1.807) is 24.3 Å². The first-order valence-corrected chi connectivity index (χ1v) is 11.7. The maximum Gasteiger partial charge on any atom is 0.329 e. The van der Waals surface area contributed by atoms with Gasteiger partial charge in [0.2, 0.25) is 0 Å². The molecule has 4 saturated carbocycles. The first-order chi connectivity index (χ1) is 14.7. The van der Waals surface area contributed by atoms with Crippen molar-refractivity contribution in [1.82, 2.24) is 10.6 Å². The normalized spacial score (nSPS) is 29.5. The van der Waals surface area contributed by atoms with Crippen LogP contribution in [0.4, 0.5) is 0 Å². The largest absolute Gasteiger partial charge is 0.454 e. The van der Waals surface area contributed by atoms with Crippen molar-refractivity contribution in [2.45, 2.75) is 64.0 Å². The average molecular weight is 447 g/mol. The van der Waals surface area contributed by atoms with E-state index in [4.69, 9.17) is 16.3 Å². The van der Waals surface area contributed by atoms with E-state index in [9.17, 15) is 14.4 Å². The highest BCUT2D eigenvalue weighted by molar-refractivity contribution is 6.33.